The zero-order valence-electron chi connectivity index (χ0n) is 14.4. The molecule has 6 heteroatoms. The second-order valence-electron chi connectivity index (χ2n) is 6.06. The molecule has 136 valence electrons. The lowest BCUT2D eigenvalue weighted by Gasteiger charge is -2.25. The van der Waals surface area contributed by atoms with E-state index in [4.69, 9.17) is 10.5 Å². The van der Waals surface area contributed by atoms with Crippen LogP contribution >= 0.6 is 12.4 Å². The van der Waals surface area contributed by atoms with Gasteiger partial charge < -0.3 is 20.9 Å². The molecule has 0 aliphatic heterocycles. The Labute approximate surface area is 154 Å². The van der Waals surface area contributed by atoms with E-state index in [0.717, 1.165) is 5.56 Å². The van der Waals surface area contributed by atoms with Crippen LogP contribution in [0.15, 0.2) is 54.6 Å². The van der Waals surface area contributed by atoms with Gasteiger partial charge in [0.05, 0.1) is 0 Å². The summed E-state index contributed by atoms with van der Waals surface area (Å²) in [5.41, 5.74) is 6.77. The molecule has 5 nitrogen and oxygen atoms in total. The number of ether oxygens (including phenoxy) is 1. The lowest BCUT2D eigenvalue weighted by molar-refractivity contribution is -0.126. The molecule has 0 bridgehead atoms. The van der Waals surface area contributed by atoms with Gasteiger partial charge in [0, 0.05) is 6.54 Å². The summed E-state index contributed by atoms with van der Waals surface area (Å²) in [4.78, 5) is 12.3. The molecule has 0 aliphatic rings. The molecular formula is C19H25ClN2O3. The quantitative estimate of drug-likeness (QED) is 0.702. The average Bonchev–Trinajstić information content (AvgIpc) is 2.58. The van der Waals surface area contributed by atoms with E-state index in [9.17, 15) is 9.90 Å². The number of halogens is 1. The van der Waals surface area contributed by atoms with Crippen molar-refractivity contribution in [3.05, 3.63) is 65.7 Å². The van der Waals surface area contributed by atoms with Crippen molar-refractivity contribution in [2.75, 3.05) is 13.2 Å². The Bertz CT molecular complexity index is 677. The van der Waals surface area contributed by atoms with Gasteiger partial charge in [-0.05, 0) is 37.1 Å². The SMILES string of the molecule is Cc1cccc(OCC(O)CNC(=O)C(C)(N)c2ccccc2)c1.Cl. The number of carbonyl (C=O) groups is 1. The third kappa shape index (κ3) is 6.05. The monoisotopic (exact) mass is 364 g/mol. The van der Waals surface area contributed by atoms with E-state index >= 15 is 0 Å². The van der Waals surface area contributed by atoms with Gasteiger partial charge in [-0.1, -0.05) is 42.5 Å². The minimum Gasteiger partial charge on any atom is -0.491 e. The van der Waals surface area contributed by atoms with Gasteiger partial charge in [-0.3, -0.25) is 4.79 Å². The molecule has 0 aliphatic carbocycles. The maximum atomic E-state index is 12.3. The first-order chi connectivity index (χ1) is 11.4. The Morgan fingerprint density at radius 1 is 1.24 bits per heavy atom. The Balaban J connectivity index is 0.00000312. The summed E-state index contributed by atoms with van der Waals surface area (Å²) in [5.74, 6) is 0.344. The number of aliphatic hydroxyl groups is 1. The van der Waals surface area contributed by atoms with Gasteiger partial charge in [0.25, 0.3) is 0 Å². The van der Waals surface area contributed by atoms with Gasteiger partial charge in [-0.25, -0.2) is 0 Å². The topological polar surface area (TPSA) is 84.6 Å². The number of hydrogen-bond donors (Lipinski definition) is 3. The maximum absolute atomic E-state index is 12.3. The van der Waals surface area contributed by atoms with Crippen LogP contribution in [0, 0.1) is 6.92 Å². The molecule has 0 saturated carbocycles. The summed E-state index contributed by atoms with van der Waals surface area (Å²) in [5, 5.41) is 12.7. The molecule has 2 aromatic carbocycles. The lowest BCUT2D eigenvalue weighted by atomic mass is 9.92. The number of hydrogen-bond acceptors (Lipinski definition) is 4. The molecule has 0 radical (unpaired) electrons. The van der Waals surface area contributed by atoms with E-state index < -0.39 is 11.6 Å². The molecule has 0 spiro atoms. The van der Waals surface area contributed by atoms with Crippen molar-refractivity contribution in [1.29, 1.82) is 0 Å². The van der Waals surface area contributed by atoms with Crippen molar-refractivity contribution >= 4 is 18.3 Å². The molecule has 2 rings (SSSR count). The normalized spacial score (nSPS) is 13.9. The zero-order valence-corrected chi connectivity index (χ0v) is 15.3. The van der Waals surface area contributed by atoms with Crippen molar-refractivity contribution in [3.8, 4) is 5.75 Å². The molecule has 4 N–H and O–H groups in total. The van der Waals surface area contributed by atoms with E-state index in [1.165, 1.54) is 0 Å². The van der Waals surface area contributed by atoms with E-state index in [1.54, 1.807) is 19.1 Å². The molecule has 0 fully saturated rings. The number of aryl methyl sites for hydroxylation is 1. The van der Waals surface area contributed by atoms with Gasteiger partial charge in [-0.2, -0.15) is 0 Å². The summed E-state index contributed by atoms with van der Waals surface area (Å²) >= 11 is 0. The molecule has 2 unspecified atom stereocenters. The Morgan fingerprint density at radius 3 is 2.56 bits per heavy atom. The molecule has 0 saturated heterocycles. The largest absolute Gasteiger partial charge is 0.491 e. The number of amides is 1. The van der Waals surface area contributed by atoms with Gasteiger partial charge in [-0.15, -0.1) is 12.4 Å². The first kappa shape index (κ1) is 21.0. The Hall–Kier alpha value is -2.08. The molecule has 2 atom stereocenters. The van der Waals surface area contributed by atoms with Gasteiger partial charge >= 0.3 is 0 Å². The van der Waals surface area contributed by atoms with E-state index in [-0.39, 0.29) is 31.5 Å². The Morgan fingerprint density at radius 2 is 1.92 bits per heavy atom. The van der Waals surface area contributed by atoms with Crippen LogP contribution in [-0.4, -0.2) is 30.3 Å². The van der Waals surface area contributed by atoms with Gasteiger partial charge in [0.2, 0.25) is 5.91 Å². The van der Waals surface area contributed by atoms with Crippen LogP contribution in [0.1, 0.15) is 18.1 Å². The summed E-state index contributed by atoms with van der Waals surface area (Å²) in [7, 11) is 0. The number of rotatable bonds is 7. The zero-order chi connectivity index (χ0) is 17.6. The minimum absolute atomic E-state index is 0. The van der Waals surface area contributed by atoms with Crippen molar-refractivity contribution in [2.24, 2.45) is 5.73 Å². The lowest BCUT2D eigenvalue weighted by Crippen LogP contribution is -2.51. The summed E-state index contributed by atoms with van der Waals surface area (Å²) in [6, 6.07) is 16.7. The third-order valence-corrected chi connectivity index (χ3v) is 3.78. The summed E-state index contributed by atoms with van der Waals surface area (Å²) in [6.45, 7) is 3.78. The van der Waals surface area contributed by atoms with Crippen LogP contribution in [0.3, 0.4) is 0 Å². The highest BCUT2D eigenvalue weighted by Gasteiger charge is 2.30. The summed E-state index contributed by atoms with van der Waals surface area (Å²) in [6.07, 6.45) is -0.818. The predicted octanol–water partition coefficient (Wildman–Crippen LogP) is 2.15. The fraction of sp³-hybridized carbons (Fsp3) is 0.316. The van der Waals surface area contributed by atoms with Crippen LogP contribution in [0.4, 0.5) is 0 Å². The van der Waals surface area contributed by atoms with Crippen molar-refractivity contribution < 1.29 is 14.6 Å². The number of carbonyl (C=O) groups excluding carboxylic acids is 1. The summed E-state index contributed by atoms with van der Waals surface area (Å²) < 4.78 is 5.52. The highest BCUT2D eigenvalue weighted by molar-refractivity contribution is 5.87. The van der Waals surface area contributed by atoms with Crippen LogP contribution in [0.2, 0.25) is 0 Å². The first-order valence-corrected chi connectivity index (χ1v) is 7.90. The second kappa shape index (κ2) is 9.42. The van der Waals surface area contributed by atoms with Crippen LogP contribution in [0.25, 0.3) is 0 Å². The highest BCUT2D eigenvalue weighted by Crippen LogP contribution is 2.17. The number of nitrogens with two attached hydrogens (primary N) is 1. The third-order valence-electron chi connectivity index (χ3n) is 3.78. The maximum Gasteiger partial charge on any atom is 0.244 e. The fourth-order valence-electron chi connectivity index (χ4n) is 2.27. The molecule has 0 aromatic heterocycles. The van der Waals surface area contributed by atoms with Gasteiger partial charge in [0.1, 0.15) is 24.0 Å². The van der Waals surface area contributed by atoms with Crippen molar-refractivity contribution in [1.82, 2.24) is 5.32 Å². The first-order valence-electron chi connectivity index (χ1n) is 7.90. The van der Waals surface area contributed by atoms with Crippen LogP contribution < -0.4 is 15.8 Å². The average molecular weight is 365 g/mol. The standard InChI is InChI=1S/C19H24N2O3.ClH/c1-14-7-6-10-17(11-14)24-13-16(22)12-21-18(23)19(2,20)15-8-4-3-5-9-15;/h3-11,16,22H,12-13,20H2,1-2H3,(H,21,23);1H. The molecule has 2 aromatic rings. The van der Waals surface area contributed by atoms with Gasteiger partial charge in [0.15, 0.2) is 0 Å². The number of benzene rings is 2. The van der Waals surface area contributed by atoms with Crippen LogP contribution in [0.5, 0.6) is 5.75 Å². The number of aliphatic hydroxyl groups excluding tert-OH is 1. The van der Waals surface area contributed by atoms with E-state index in [0.29, 0.717) is 11.3 Å². The van der Waals surface area contributed by atoms with Crippen LogP contribution in [-0.2, 0) is 10.3 Å². The second-order valence-corrected chi connectivity index (χ2v) is 6.06. The Kier molecular flexibility index (Phi) is 7.90. The predicted molar refractivity (Wildman–Crippen MR) is 101 cm³/mol. The number of nitrogens with one attached hydrogen (secondary N) is 1. The molecule has 0 heterocycles. The highest BCUT2D eigenvalue weighted by atomic mass is 35.5. The fourth-order valence-corrected chi connectivity index (χ4v) is 2.27. The van der Waals surface area contributed by atoms with Crippen molar-refractivity contribution in [2.45, 2.75) is 25.5 Å². The minimum atomic E-state index is -1.15. The molecule has 25 heavy (non-hydrogen) atoms. The van der Waals surface area contributed by atoms with E-state index in [1.807, 2.05) is 49.4 Å². The molecule has 1 amide bonds. The smallest absolute Gasteiger partial charge is 0.244 e. The van der Waals surface area contributed by atoms with Crippen molar-refractivity contribution in [3.63, 3.8) is 0 Å². The van der Waals surface area contributed by atoms with E-state index in [2.05, 4.69) is 5.32 Å². The molecular weight excluding hydrogens is 340 g/mol.